The molecule has 0 radical (unpaired) electrons. The first kappa shape index (κ1) is 20.3. The molecule has 8 heteroatoms. The first-order valence-corrected chi connectivity index (χ1v) is 13.2. The van der Waals surface area contributed by atoms with Crippen LogP contribution in [-0.4, -0.2) is 51.9 Å². The zero-order chi connectivity index (χ0) is 22.3. The lowest BCUT2D eigenvalue weighted by Crippen LogP contribution is -2.61. The Hall–Kier alpha value is -2.61. The summed E-state index contributed by atoms with van der Waals surface area (Å²) in [7, 11) is -2.42. The summed E-state index contributed by atoms with van der Waals surface area (Å²) < 4.78 is 53.6. The highest BCUT2D eigenvalue weighted by molar-refractivity contribution is 7.02. The van der Waals surface area contributed by atoms with Crippen LogP contribution in [0.2, 0.25) is 13.1 Å². The van der Waals surface area contributed by atoms with Crippen LogP contribution in [0.1, 0.15) is 21.5 Å². The fraction of sp³-hybridized carbons (Fsp3) is 0.348. The van der Waals surface area contributed by atoms with Crippen molar-refractivity contribution in [1.82, 2.24) is 0 Å². The smallest absolute Gasteiger partial charge is 0.282 e. The number of hydrogen-bond acceptors (Lipinski definition) is 3. The number of hydrogen-bond donors (Lipinski definition) is 0. The van der Waals surface area contributed by atoms with Crippen molar-refractivity contribution in [2.75, 3.05) is 36.0 Å². The molecule has 162 valence electrons. The number of alkyl halides is 4. The van der Waals surface area contributed by atoms with E-state index in [1.165, 1.54) is 0 Å². The van der Waals surface area contributed by atoms with Gasteiger partial charge in [0.05, 0.1) is 26.2 Å². The van der Waals surface area contributed by atoms with Gasteiger partial charge in [0.2, 0.25) is 0 Å². The van der Waals surface area contributed by atoms with E-state index in [9.17, 15) is 22.4 Å². The van der Waals surface area contributed by atoms with Crippen LogP contribution >= 0.6 is 0 Å². The molecule has 2 aromatic rings. The summed E-state index contributed by atoms with van der Waals surface area (Å²) in [4.78, 5) is 16.6. The lowest BCUT2D eigenvalue weighted by atomic mass is 9.95. The predicted molar refractivity (Wildman–Crippen MR) is 117 cm³/mol. The third kappa shape index (κ3) is 3.02. The number of rotatable bonds is 3. The molecule has 3 nitrogen and oxygen atoms in total. The van der Waals surface area contributed by atoms with Gasteiger partial charge in [-0.05, 0) is 46.3 Å². The number of ketones is 1. The highest BCUT2D eigenvalue weighted by atomic mass is 28.3. The van der Waals surface area contributed by atoms with Crippen LogP contribution in [0.3, 0.4) is 0 Å². The lowest BCUT2D eigenvalue weighted by molar-refractivity contribution is -0.0268. The largest absolute Gasteiger partial charge is 0.359 e. The molecule has 0 amide bonds. The maximum absolute atomic E-state index is 13.5. The highest BCUT2D eigenvalue weighted by Crippen LogP contribution is 2.36. The maximum Gasteiger partial charge on any atom is 0.282 e. The molecule has 3 heterocycles. The standard InChI is InChI=1S/C23H22F4N2OSi/c1-4-14-7-16(29-12-23(26,27)13-29)9-19-20(14)21(30)17-6-5-15(8-18(17)31(19,2)3)28-10-22(24,25)11-28/h4-9H,1,10-13H2,2-3H3. The molecule has 2 saturated heterocycles. The molecule has 0 unspecified atom stereocenters. The van der Waals surface area contributed by atoms with Crippen molar-refractivity contribution in [1.29, 1.82) is 0 Å². The van der Waals surface area contributed by atoms with E-state index in [0.717, 1.165) is 10.4 Å². The normalized spacial score (nSPS) is 22.2. The molecule has 2 fully saturated rings. The number of anilines is 2. The topological polar surface area (TPSA) is 23.6 Å². The summed E-state index contributed by atoms with van der Waals surface area (Å²) in [5, 5.41) is 1.76. The fourth-order valence-electron chi connectivity index (χ4n) is 4.85. The summed E-state index contributed by atoms with van der Waals surface area (Å²) in [6.45, 7) is 6.70. The Kier molecular flexibility index (Phi) is 4.07. The van der Waals surface area contributed by atoms with Crippen LogP contribution in [0.4, 0.5) is 28.9 Å². The van der Waals surface area contributed by atoms with E-state index in [-0.39, 0.29) is 32.0 Å². The van der Waals surface area contributed by atoms with Gasteiger partial charge >= 0.3 is 0 Å². The van der Waals surface area contributed by atoms with Gasteiger partial charge in [0.1, 0.15) is 8.07 Å². The molecular weight excluding hydrogens is 424 g/mol. The zero-order valence-corrected chi connectivity index (χ0v) is 18.3. The minimum absolute atomic E-state index is 0.132. The van der Waals surface area contributed by atoms with E-state index in [1.54, 1.807) is 34.1 Å². The monoisotopic (exact) mass is 446 g/mol. The van der Waals surface area contributed by atoms with Gasteiger partial charge in [0, 0.05) is 22.5 Å². The molecule has 3 aliphatic heterocycles. The number of carbonyl (C=O) groups excluding carboxylic acids is 1. The van der Waals surface area contributed by atoms with Crippen LogP contribution in [0.25, 0.3) is 6.08 Å². The van der Waals surface area contributed by atoms with Crippen LogP contribution in [0, 0.1) is 0 Å². The second kappa shape index (κ2) is 6.22. The Bertz CT molecular complexity index is 1130. The summed E-state index contributed by atoms with van der Waals surface area (Å²) >= 11 is 0. The second-order valence-corrected chi connectivity index (χ2v) is 13.6. The van der Waals surface area contributed by atoms with Crippen LogP contribution in [0.15, 0.2) is 36.9 Å². The van der Waals surface area contributed by atoms with Gasteiger partial charge in [-0.15, -0.1) is 0 Å². The number of benzene rings is 2. The molecule has 0 bridgehead atoms. The number of nitrogens with zero attached hydrogens (tertiary/aromatic N) is 2. The summed E-state index contributed by atoms with van der Waals surface area (Å²) in [5.41, 5.74) is 3.16. The van der Waals surface area contributed by atoms with Crippen LogP contribution in [-0.2, 0) is 0 Å². The maximum atomic E-state index is 13.5. The quantitative estimate of drug-likeness (QED) is 0.532. The second-order valence-electron chi connectivity index (χ2n) is 9.27. The summed E-state index contributed by atoms with van der Waals surface area (Å²) in [6.07, 6.45) is 1.60. The average molecular weight is 447 g/mol. The van der Waals surface area contributed by atoms with Gasteiger partial charge in [-0.3, -0.25) is 4.79 Å². The van der Waals surface area contributed by atoms with Crippen molar-refractivity contribution in [2.24, 2.45) is 0 Å². The van der Waals surface area contributed by atoms with Crippen molar-refractivity contribution in [2.45, 2.75) is 24.9 Å². The Morgan fingerprint density at radius 1 is 0.903 bits per heavy atom. The van der Waals surface area contributed by atoms with Crippen molar-refractivity contribution in [3.63, 3.8) is 0 Å². The predicted octanol–water partition coefficient (Wildman–Crippen LogP) is 3.61. The van der Waals surface area contributed by atoms with E-state index in [1.807, 2.05) is 12.1 Å². The number of halogens is 4. The van der Waals surface area contributed by atoms with Crippen molar-refractivity contribution in [3.8, 4) is 0 Å². The molecular formula is C23H22F4N2OSi. The zero-order valence-electron chi connectivity index (χ0n) is 17.3. The van der Waals surface area contributed by atoms with Crippen molar-refractivity contribution in [3.05, 3.63) is 53.6 Å². The third-order valence-corrected chi connectivity index (χ3v) is 10.1. The van der Waals surface area contributed by atoms with Gasteiger partial charge in [-0.1, -0.05) is 25.7 Å². The lowest BCUT2D eigenvalue weighted by Gasteiger charge is -2.43. The minimum atomic E-state index is -2.70. The van der Waals surface area contributed by atoms with Crippen molar-refractivity contribution >= 4 is 41.7 Å². The van der Waals surface area contributed by atoms with E-state index < -0.39 is 19.9 Å². The van der Waals surface area contributed by atoms with Crippen molar-refractivity contribution < 1.29 is 22.4 Å². The van der Waals surface area contributed by atoms with Crippen LogP contribution < -0.4 is 20.2 Å². The van der Waals surface area contributed by atoms with Gasteiger partial charge in [0.25, 0.3) is 11.8 Å². The molecule has 0 aliphatic carbocycles. The summed E-state index contributed by atoms with van der Waals surface area (Å²) in [5.74, 6) is -5.51. The third-order valence-electron chi connectivity index (χ3n) is 6.61. The summed E-state index contributed by atoms with van der Waals surface area (Å²) in [6, 6.07) is 8.96. The molecule has 5 rings (SSSR count). The Morgan fingerprint density at radius 2 is 1.45 bits per heavy atom. The molecule has 2 aromatic carbocycles. The first-order valence-electron chi connectivity index (χ1n) is 10.2. The SMILES string of the molecule is C=Cc1cc(N2CC(F)(F)C2)cc2c1C(=O)c1ccc(N3CC(F)(F)C3)cc1[Si]2(C)C. The molecule has 0 spiro atoms. The molecule has 0 atom stereocenters. The van der Waals surface area contributed by atoms with E-state index in [2.05, 4.69) is 19.7 Å². The van der Waals surface area contributed by atoms with Gasteiger partial charge < -0.3 is 9.80 Å². The molecule has 3 aliphatic rings. The van der Waals surface area contributed by atoms with E-state index in [4.69, 9.17) is 0 Å². The molecule has 31 heavy (non-hydrogen) atoms. The van der Waals surface area contributed by atoms with E-state index >= 15 is 0 Å². The fourth-order valence-corrected chi connectivity index (χ4v) is 7.91. The van der Waals surface area contributed by atoms with Gasteiger partial charge in [0.15, 0.2) is 5.78 Å². The molecule has 0 saturated carbocycles. The average Bonchev–Trinajstić information content (AvgIpc) is 2.67. The van der Waals surface area contributed by atoms with Gasteiger partial charge in [-0.25, -0.2) is 17.6 Å². The van der Waals surface area contributed by atoms with Crippen LogP contribution in [0.5, 0.6) is 0 Å². The Morgan fingerprint density at radius 3 is 2.00 bits per heavy atom. The number of fused-ring (bicyclic) bond motifs is 2. The highest BCUT2D eigenvalue weighted by Gasteiger charge is 2.47. The number of carbonyl (C=O) groups is 1. The minimum Gasteiger partial charge on any atom is -0.359 e. The Labute approximate surface area is 179 Å². The first-order chi connectivity index (χ1) is 14.4. The molecule has 0 aromatic heterocycles. The molecule has 0 N–H and O–H groups in total. The van der Waals surface area contributed by atoms with E-state index in [0.29, 0.717) is 28.1 Å². The Balaban J connectivity index is 1.61. The van der Waals surface area contributed by atoms with Gasteiger partial charge in [-0.2, -0.15) is 0 Å².